The van der Waals surface area contributed by atoms with Gasteiger partial charge in [0.1, 0.15) is 0 Å². The van der Waals surface area contributed by atoms with Crippen LogP contribution < -0.4 is 5.32 Å². The van der Waals surface area contributed by atoms with Crippen molar-refractivity contribution in [3.63, 3.8) is 0 Å². The largest absolute Gasteiger partial charge is 0.316 e. The van der Waals surface area contributed by atoms with E-state index in [1.165, 1.54) is 0 Å². The van der Waals surface area contributed by atoms with Gasteiger partial charge in [0.15, 0.2) is 0 Å². The summed E-state index contributed by atoms with van der Waals surface area (Å²) >= 11 is 1.57. The summed E-state index contributed by atoms with van der Waals surface area (Å²) in [4.78, 5) is 0. The SMILES string of the molecule is CCC(NC)C(C)S(=O)c1cccs1. The lowest BCUT2D eigenvalue weighted by atomic mass is 10.2. The third kappa shape index (κ3) is 2.65. The van der Waals surface area contributed by atoms with E-state index in [1.807, 2.05) is 31.5 Å². The zero-order valence-electron chi connectivity index (χ0n) is 8.82. The summed E-state index contributed by atoms with van der Waals surface area (Å²) in [5, 5.41) is 5.35. The first-order valence-corrected chi connectivity index (χ1v) is 6.91. The molecule has 3 atom stereocenters. The van der Waals surface area contributed by atoms with Crippen LogP contribution in [0.15, 0.2) is 21.7 Å². The van der Waals surface area contributed by atoms with Crippen molar-refractivity contribution in [2.45, 2.75) is 35.8 Å². The van der Waals surface area contributed by atoms with Crippen LogP contribution in [0, 0.1) is 0 Å². The van der Waals surface area contributed by atoms with Gasteiger partial charge >= 0.3 is 0 Å². The Kier molecular flexibility index (Phi) is 4.78. The lowest BCUT2D eigenvalue weighted by molar-refractivity contribution is 0.530. The lowest BCUT2D eigenvalue weighted by Gasteiger charge is -2.20. The summed E-state index contributed by atoms with van der Waals surface area (Å²) in [5.41, 5.74) is 0. The van der Waals surface area contributed by atoms with Crippen LogP contribution in [0.25, 0.3) is 0 Å². The summed E-state index contributed by atoms with van der Waals surface area (Å²) in [5.74, 6) is 0. The minimum atomic E-state index is -0.871. The second-order valence-corrected chi connectivity index (χ2v) is 6.22. The molecule has 1 aromatic rings. The number of rotatable bonds is 5. The number of nitrogens with one attached hydrogen (secondary N) is 1. The predicted molar refractivity (Wildman–Crippen MR) is 63.3 cm³/mol. The molecule has 0 radical (unpaired) electrons. The first kappa shape index (κ1) is 11.9. The molecular formula is C10H17NOS2. The van der Waals surface area contributed by atoms with Crippen molar-refractivity contribution in [1.29, 1.82) is 0 Å². The molecule has 14 heavy (non-hydrogen) atoms. The van der Waals surface area contributed by atoms with Crippen molar-refractivity contribution in [2.24, 2.45) is 0 Å². The predicted octanol–water partition coefficient (Wildman–Crippen LogP) is 2.24. The molecule has 0 aromatic carbocycles. The zero-order valence-corrected chi connectivity index (χ0v) is 10.5. The van der Waals surface area contributed by atoms with E-state index in [0.29, 0.717) is 6.04 Å². The highest BCUT2D eigenvalue weighted by Crippen LogP contribution is 2.19. The number of hydrogen-bond acceptors (Lipinski definition) is 3. The second kappa shape index (κ2) is 5.63. The molecule has 0 amide bonds. The van der Waals surface area contributed by atoms with Gasteiger partial charge in [-0.3, -0.25) is 4.21 Å². The third-order valence-electron chi connectivity index (χ3n) is 2.41. The van der Waals surface area contributed by atoms with Crippen molar-refractivity contribution in [3.8, 4) is 0 Å². The smallest absolute Gasteiger partial charge is 0.0913 e. The van der Waals surface area contributed by atoms with Gasteiger partial charge in [0.05, 0.1) is 20.3 Å². The summed E-state index contributed by atoms with van der Waals surface area (Å²) < 4.78 is 13.0. The summed E-state index contributed by atoms with van der Waals surface area (Å²) in [7, 11) is 1.06. The first-order valence-electron chi connectivity index (χ1n) is 4.82. The maximum absolute atomic E-state index is 12.0. The average molecular weight is 231 g/mol. The maximum atomic E-state index is 12.0. The lowest BCUT2D eigenvalue weighted by Crippen LogP contribution is -2.37. The molecule has 0 aliphatic carbocycles. The third-order valence-corrected chi connectivity index (χ3v) is 5.39. The highest BCUT2D eigenvalue weighted by atomic mass is 32.2. The standard InChI is InChI=1S/C10H17NOS2/c1-4-9(11-3)8(2)14(12)10-6-5-7-13-10/h5-9,11H,4H2,1-3H3. The van der Waals surface area contributed by atoms with Crippen LogP contribution in [-0.2, 0) is 10.8 Å². The van der Waals surface area contributed by atoms with E-state index < -0.39 is 10.8 Å². The van der Waals surface area contributed by atoms with Crippen molar-refractivity contribution < 1.29 is 4.21 Å². The van der Waals surface area contributed by atoms with Crippen LogP contribution in [0.3, 0.4) is 0 Å². The van der Waals surface area contributed by atoms with Gasteiger partial charge in [0, 0.05) is 6.04 Å². The van der Waals surface area contributed by atoms with Gasteiger partial charge in [0.2, 0.25) is 0 Å². The Hall–Kier alpha value is -0.190. The summed E-state index contributed by atoms with van der Waals surface area (Å²) in [6, 6.07) is 4.22. The molecule has 1 heterocycles. The number of hydrogen-bond donors (Lipinski definition) is 1. The molecule has 1 aromatic heterocycles. The Morgan fingerprint density at radius 2 is 2.36 bits per heavy atom. The molecule has 0 saturated heterocycles. The molecule has 1 N–H and O–H groups in total. The Morgan fingerprint density at radius 1 is 1.64 bits per heavy atom. The Labute approximate surface area is 92.2 Å². The molecule has 0 spiro atoms. The minimum Gasteiger partial charge on any atom is -0.316 e. The molecule has 80 valence electrons. The Bertz CT molecular complexity index is 280. The van der Waals surface area contributed by atoms with Gasteiger partial charge in [-0.05, 0) is 31.8 Å². The van der Waals surface area contributed by atoms with Crippen molar-refractivity contribution in [3.05, 3.63) is 17.5 Å². The molecular weight excluding hydrogens is 214 g/mol. The molecule has 3 unspecified atom stereocenters. The van der Waals surface area contributed by atoms with E-state index in [9.17, 15) is 4.21 Å². The van der Waals surface area contributed by atoms with Gasteiger partial charge in [-0.1, -0.05) is 13.0 Å². The van der Waals surface area contributed by atoms with Gasteiger partial charge < -0.3 is 5.32 Å². The van der Waals surface area contributed by atoms with Crippen molar-refractivity contribution in [2.75, 3.05) is 7.05 Å². The normalized spacial score (nSPS) is 17.6. The minimum absolute atomic E-state index is 0.170. The van der Waals surface area contributed by atoms with E-state index >= 15 is 0 Å². The summed E-state index contributed by atoms with van der Waals surface area (Å²) in [6.45, 7) is 4.16. The van der Waals surface area contributed by atoms with E-state index in [1.54, 1.807) is 11.3 Å². The quantitative estimate of drug-likeness (QED) is 0.842. The van der Waals surface area contributed by atoms with Crippen molar-refractivity contribution in [1.82, 2.24) is 5.32 Å². The number of thiophene rings is 1. The van der Waals surface area contributed by atoms with Crippen LogP contribution >= 0.6 is 11.3 Å². The molecule has 0 saturated carbocycles. The fourth-order valence-electron chi connectivity index (χ4n) is 1.48. The maximum Gasteiger partial charge on any atom is 0.0913 e. The molecule has 0 aliphatic heterocycles. The fourth-order valence-corrected chi connectivity index (χ4v) is 4.14. The first-order chi connectivity index (χ1) is 6.70. The van der Waals surface area contributed by atoms with Gasteiger partial charge in [-0.25, -0.2) is 0 Å². The molecule has 0 fully saturated rings. The molecule has 1 rings (SSSR count). The van der Waals surface area contributed by atoms with Crippen LogP contribution in [0.1, 0.15) is 20.3 Å². The Morgan fingerprint density at radius 3 is 2.79 bits per heavy atom. The highest BCUT2D eigenvalue weighted by molar-refractivity contribution is 7.87. The molecule has 0 bridgehead atoms. The highest BCUT2D eigenvalue weighted by Gasteiger charge is 2.21. The van der Waals surface area contributed by atoms with E-state index in [-0.39, 0.29) is 5.25 Å². The topological polar surface area (TPSA) is 29.1 Å². The van der Waals surface area contributed by atoms with Crippen LogP contribution in [0.4, 0.5) is 0 Å². The van der Waals surface area contributed by atoms with Crippen LogP contribution in [0.5, 0.6) is 0 Å². The monoisotopic (exact) mass is 231 g/mol. The molecule has 2 nitrogen and oxygen atoms in total. The molecule has 0 aliphatic rings. The van der Waals surface area contributed by atoms with Crippen LogP contribution in [0.2, 0.25) is 0 Å². The van der Waals surface area contributed by atoms with E-state index in [2.05, 4.69) is 12.2 Å². The van der Waals surface area contributed by atoms with Gasteiger partial charge in [0.25, 0.3) is 0 Å². The fraction of sp³-hybridized carbons (Fsp3) is 0.600. The zero-order chi connectivity index (χ0) is 10.6. The van der Waals surface area contributed by atoms with Gasteiger partial charge in [-0.15, -0.1) is 11.3 Å². The summed E-state index contributed by atoms with van der Waals surface area (Å²) in [6.07, 6.45) is 1.01. The molecule has 4 heteroatoms. The second-order valence-electron chi connectivity index (χ2n) is 3.24. The average Bonchev–Trinajstić information content (AvgIpc) is 2.71. The Balaban J connectivity index is 2.69. The van der Waals surface area contributed by atoms with E-state index in [0.717, 1.165) is 10.6 Å². The van der Waals surface area contributed by atoms with Crippen LogP contribution in [-0.4, -0.2) is 22.5 Å². The van der Waals surface area contributed by atoms with Gasteiger partial charge in [-0.2, -0.15) is 0 Å². The van der Waals surface area contributed by atoms with Crippen molar-refractivity contribution >= 4 is 22.1 Å². The van der Waals surface area contributed by atoms with E-state index in [4.69, 9.17) is 0 Å².